The highest BCUT2D eigenvalue weighted by Gasteiger charge is 2.17. The van der Waals surface area contributed by atoms with E-state index in [4.69, 9.17) is 9.47 Å². The van der Waals surface area contributed by atoms with Crippen LogP contribution in [0.5, 0.6) is 11.5 Å². The van der Waals surface area contributed by atoms with Gasteiger partial charge in [0.25, 0.3) is 5.91 Å². The fourth-order valence-corrected chi connectivity index (χ4v) is 3.73. The smallest absolute Gasteiger partial charge is 0.255 e. The number of hydrogen-bond donors (Lipinski definition) is 2. The van der Waals surface area contributed by atoms with Gasteiger partial charge in [0.15, 0.2) is 22.3 Å². The Morgan fingerprint density at radius 1 is 1.22 bits per heavy atom. The van der Waals surface area contributed by atoms with Crippen molar-refractivity contribution in [3.05, 3.63) is 30.0 Å². The van der Waals surface area contributed by atoms with Gasteiger partial charge < -0.3 is 20.1 Å². The van der Waals surface area contributed by atoms with Crippen LogP contribution >= 0.6 is 11.8 Å². The molecule has 172 valence electrons. The van der Waals surface area contributed by atoms with Gasteiger partial charge in [0, 0.05) is 13.1 Å². The molecule has 0 unspecified atom stereocenters. The number of hydrogen-bond acceptors (Lipinski definition) is 8. The number of carbonyl (C=O) groups excluding carboxylic acids is 1. The third-order valence-corrected chi connectivity index (χ3v) is 5.41. The molecule has 0 fully saturated rings. The van der Waals surface area contributed by atoms with Gasteiger partial charge >= 0.3 is 0 Å². The van der Waals surface area contributed by atoms with Gasteiger partial charge in [-0.3, -0.25) is 4.79 Å². The molecule has 1 aromatic carbocycles. The highest BCUT2D eigenvalue weighted by atomic mass is 32.2. The standard InChI is InChI=1S/C22H30N6O3S/c1-6-32-22-26-19(24-12-14(2)3)16-13-25-28(20(16)27-22)11-10-23-21(29)15-8-7-9-17(30-4)18(15)31-5/h7-9,13-14H,6,10-12H2,1-5H3,(H,23,29)(H,24,26,27). The van der Waals surface area contributed by atoms with E-state index in [2.05, 4.69) is 46.5 Å². The highest BCUT2D eigenvalue weighted by Crippen LogP contribution is 2.30. The number of benzene rings is 1. The summed E-state index contributed by atoms with van der Waals surface area (Å²) in [5.41, 5.74) is 1.16. The minimum atomic E-state index is -0.242. The molecule has 0 aliphatic carbocycles. The molecule has 9 nitrogen and oxygen atoms in total. The molecule has 0 atom stereocenters. The molecule has 0 aliphatic heterocycles. The summed E-state index contributed by atoms with van der Waals surface area (Å²) < 4.78 is 12.4. The van der Waals surface area contributed by atoms with E-state index in [-0.39, 0.29) is 5.91 Å². The maximum Gasteiger partial charge on any atom is 0.255 e. The third-order valence-electron chi connectivity index (χ3n) is 4.68. The molecule has 3 aromatic rings. The quantitative estimate of drug-likeness (QED) is 0.333. The van der Waals surface area contributed by atoms with Crippen molar-refractivity contribution in [1.82, 2.24) is 25.1 Å². The number of thioether (sulfide) groups is 1. The van der Waals surface area contributed by atoms with E-state index in [1.807, 2.05) is 0 Å². The summed E-state index contributed by atoms with van der Waals surface area (Å²) >= 11 is 1.59. The van der Waals surface area contributed by atoms with Crippen LogP contribution in [0.15, 0.2) is 29.6 Å². The number of aromatic nitrogens is 4. The van der Waals surface area contributed by atoms with E-state index in [9.17, 15) is 4.79 Å². The predicted molar refractivity (Wildman–Crippen MR) is 127 cm³/mol. The number of nitrogens with zero attached hydrogens (tertiary/aromatic N) is 4. The van der Waals surface area contributed by atoms with Gasteiger partial charge in [0.1, 0.15) is 5.82 Å². The number of ether oxygens (including phenoxy) is 2. The number of rotatable bonds is 11. The fourth-order valence-electron chi connectivity index (χ4n) is 3.16. The molecule has 0 saturated heterocycles. The van der Waals surface area contributed by atoms with Gasteiger partial charge in [0.2, 0.25) is 0 Å². The van der Waals surface area contributed by atoms with E-state index in [0.29, 0.717) is 41.2 Å². The molecule has 1 amide bonds. The summed E-state index contributed by atoms with van der Waals surface area (Å²) in [7, 11) is 3.06. The zero-order valence-corrected chi connectivity index (χ0v) is 20.0. The van der Waals surface area contributed by atoms with Crippen LogP contribution in [0.4, 0.5) is 5.82 Å². The number of anilines is 1. The fraction of sp³-hybridized carbons (Fsp3) is 0.455. The van der Waals surface area contributed by atoms with Crippen LogP contribution in [-0.4, -0.2) is 58.7 Å². The Balaban J connectivity index is 1.76. The van der Waals surface area contributed by atoms with Gasteiger partial charge in [-0.05, 0) is 23.8 Å². The minimum absolute atomic E-state index is 0.242. The first-order chi connectivity index (χ1) is 15.5. The van der Waals surface area contributed by atoms with Gasteiger partial charge in [0.05, 0.1) is 37.9 Å². The van der Waals surface area contributed by atoms with E-state index in [0.717, 1.165) is 29.1 Å². The molecular weight excluding hydrogens is 428 g/mol. The second-order valence-corrected chi connectivity index (χ2v) is 8.70. The van der Waals surface area contributed by atoms with Crippen LogP contribution in [0, 0.1) is 5.92 Å². The normalized spacial score (nSPS) is 11.1. The number of para-hydroxylation sites is 1. The lowest BCUT2D eigenvalue weighted by Crippen LogP contribution is -2.28. The predicted octanol–water partition coefficient (Wildman–Crippen LogP) is 3.45. The summed E-state index contributed by atoms with van der Waals surface area (Å²) in [5, 5.41) is 12.4. The van der Waals surface area contributed by atoms with Gasteiger partial charge in [-0.25, -0.2) is 14.6 Å². The van der Waals surface area contributed by atoms with Crippen molar-refractivity contribution in [3.63, 3.8) is 0 Å². The first-order valence-electron chi connectivity index (χ1n) is 10.6. The number of methoxy groups -OCH3 is 2. The number of carbonyl (C=O) groups is 1. The lowest BCUT2D eigenvalue weighted by atomic mass is 10.1. The molecule has 0 aliphatic rings. The van der Waals surface area contributed by atoms with Crippen LogP contribution in [0.2, 0.25) is 0 Å². The van der Waals surface area contributed by atoms with Crippen LogP contribution in [0.25, 0.3) is 11.0 Å². The first-order valence-corrected chi connectivity index (χ1v) is 11.6. The van der Waals surface area contributed by atoms with Gasteiger partial charge in [-0.15, -0.1) is 0 Å². The lowest BCUT2D eigenvalue weighted by Gasteiger charge is -2.13. The molecule has 2 heterocycles. The van der Waals surface area contributed by atoms with Crippen LogP contribution < -0.4 is 20.1 Å². The summed E-state index contributed by atoms with van der Waals surface area (Å²) in [6, 6.07) is 5.21. The number of amides is 1. The zero-order valence-electron chi connectivity index (χ0n) is 19.1. The Kier molecular flexibility index (Phi) is 8.15. The van der Waals surface area contributed by atoms with Crippen LogP contribution in [-0.2, 0) is 6.54 Å². The van der Waals surface area contributed by atoms with Crippen LogP contribution in [0.3, 0.4) is 0 Å². The highest BCUT2D eigenvalue weighted by molar-refractivity contribution is 7.99. The lowest BCUT2D eigenvalue weighted by molar-refractivity contribution is 0.0948. The first kappa shape index (κ1) is 23.6. The van der Waals surface area contributed by atoms with Crippen molar-refractivity contribution in [3.8, 4) is 11.5 Å². The van der Waals surface area contributed by atoms with Crippen molar-refractivity contribution in [2.24, 2.45) is 5.92 Å². The number of fused-ring (bicyclic) bond motifs is 1. The molecule has 0 radical (unpaired) electrons. The molecule has 2 aromatic heterocycles. The SMILES string of the molecule is CCSc1nc(NCC(C)C)c2cnn(CCNC(=O)c3cccc(OC)c3OC)c2n1. The summed E-state index contributed by atoms with van der Waals surface area (Å²) in [4.78, 5) is 22.0. The maximum absolute atomic E-state index is 12.7. The van der Waals surface area contributed by atoms with Gasteiger partial charge in [-0.2, -0.15) is 5.10 Å². The van der Waals surface area contributed by atoms with Crippen molar-refractivity contribution in [1.29, 1.82) is 0 Å². The molecule has 0 saturated carbocycles. The largest absolute Gasteiger partial charge is 0.493 e. The van der Waals surface area contributed by atoms with Crippen molar-refractivity contribution in [2.75, 3.05) is 38.4 Å². The molecule has 3 rings (SSSR count). The van der Waals surface area contributed by atoms with E-state index in [1.165, 1.54) is 7.11 Å². The molecule has 32 heavy (non-hydrogen) atoms. The second-order valence-electron chi connectivity index (χ2n) is 7.46. The summed E-state index contributed by atoms with van der Waals surface area (Å²) in [6.45, 7) is 8.03. The van der Waals surface area contributed by atoms with E-state index >= 15 is 0 Å². The monoisotopic (exact) mass is 458 g/mol. The Labute approximate surface area is 192 Å². The Morgan fingerprint density at radius 3 is 2.72 bits per heavy atom. The van der Waals surface area contributed by atoms with E-state index < -0.39 is 0 Å². The average molecular weight is 459 g/mol. The molecule has 2 N–H and O–H groups in total. The molecule has 10 heteroatoms. The third kappa shape index (κ3) is 5.42. The maximum atomic E-state index is 12.7. The Bertz CT molecular complexity index is 1070. The van der Waals surface area contributed by atoms with Gasteiger partial charge in [-0.1, -0.05) is 38.6 Å². The molecule has 0 bridgehead atoms. The Hall–Kier alpha value is -3.01. The average Bonchev–Trinajstić information content (AvgIpc) is 3.19. The van der Waals surface area contributed by atoms with Crippen molar-refractivity contribution >= 4 is 34.5 Å². The van der Waals surface area contributed by atoms with Crippen molar-refractivity contribution in [2.45, 2.75) is 32.5 Å². The number of nitrogens with one attached hydrogen (secondary N) is 2. The Morgan fingerprint density at radius 2 is 2.03 bits per heavy atom. The van der Waals surface area contributed by atoms with Crippen LogP contribution in [0.1, 0.15) is 31.1 Å². The van der Waals surface area contributed by atoms with E-state index in [1.54, 1.807) is 47.9 Å². The molecular formula is C22H30N6O3S. The summed E-state index contributed by atoms with van der Waals surface area (Å²) in [5.74, 6) is 2.83. The minimum Gasteiger partial charge on any atom is -0.493 e. The summed E-state index contributed by atoms with van der Waals surface area (Å²) in [6.07, 6.45) is 1.77. The topological polar surface area (TPSA) is 103 Å². The second kappa shape index (κ2) is 11.0. The molecule has 0 spiro atoms. The van der Waals surface area contributed by atoms with Crippen molar-refractivity contribution < 1.29 is 14.3 Å². The zero-order chi connectivity index (χ0) is 23.1.